The molecular weight excluding hydrogens is 525 g/mol. The van der Waals surface area contributed by atoms with E-state index in [2.05, 4.69) is 25.2 Å². The molecule has 40 heavy (non-hydrogen) atoms. The summed E-state index contributed by atoms with van der Waals surface area (Å²) in [4.78, 5) is 39.3. The van der Waals surface area contributed by atoms with E-state index in [9.17, 15) is 14.4 Å². The second-order valence-corrected chi connectivity index (χ2v) is 12.9. The molecule has 2 bridgehead atoms. The smallest absolute Gasteiger partial charge is 0.308 e. The molecule has 0 radical (unpaired) electrons. The number of rotatable bonds is 9. The SMILES string of the molecule is CCOC(=O)[C@H]1CC[C@@H](Oc2cc(C(=O)N[C@@H]3[C@H]4CC[C@H](C4)[C@@H]3C(=O)NC3CCCCC3)c(NC)cc2P)CC1. The molecule has 0 aliphatic heterocycles. The fraction of sp³-hybridized carbons (Fsp3) is 0.710. The number of nitrogens with one attached hydrogen (secondary N) is 3. The molecule has 0 saturated heterocycles. The molecule has 0 heterocycles. The van der Waals surface area contributed by atoms with E-state index in [1.165, 1.54) is 19.3 Å². The lowest BCUT2D eigenvalue weighted by atomic mass is 9.83. The molecule has 4 fully saturated rings. The molecule has 9 heteroatoms. The third-order valence-electron chi connectivity index (χ3n) is 9.72. The van der Waals surface area contributed by atoms with Gasteiger partial charge in [-0.2, -0.15) is 0 Å². The highest BCUT2D eigenvalue weighted by Crippen LogP contribution is 2.49. The summed E-state index contributed by atoms with van der Waals surface area (Å²) in [6.45, 7) is 2.24. The Kier molecular flexibility index (Phi) is 9.55. The molecule has 8 nitrogen and oxygen atoms in total. The van der Waals surface area contributed by atoms with Gasteiger partial charge in [0.1, 0.15) is 5.75 Å². The van der Waals surface area contributed by atoms with Gasteiger partial charge in [-0.3, -0.25) is 14.4 Å². The van der Waals surface area contributed by atoms with Gasteiger partial charge >= 0.3 is 5.97 Å². The number of fused-ring (bicyclic) bond motifs is 2. The second kappa shape index (κ2) is 13.1. The van der Waals surface area contributed by atoms with E-state index in [0.29, 0.717) is 29.8 Å². The van der Waals surface area contributed by atoms with Crippen LogP contribution in [0, 0.1) is 23.7 Å². The first-order valence-electron chi connectivity index (χ1n) is 15.4. The van der Waals surface area contributed by atoms with E-state index in [1.54, 1.807) is 0 Å². The van der Waals surface area contributed by atoms with Crippen LogP contribution in [0.5, 0.6) is 5.75 Å². The highest BCUT2D eigenvalue weighted by molar-refractivity contribution is 7.27. The summed E-state index contributed by atoms with van der Waals surface area (Å²) in [7, 11) is 4.53. The summed E-state index contributed by atoms with van der Waals surface area (Å²) in [5.41, 5.74) is 1.25. The predicted molar refractivity (Wildman–Crippen MR) is 159 cm³/mol. The van der Waals surface area contributed by atoms with Crippen LogP contribution in [0.3, 0.4) is 0 Å². The van der Waals surface area contributed by atoms with Crippen LogP contribution >= 0.6 is 9.24 Å². The molecule has 220 valence electrons. The average molecular weight is 572 g/mol. The first-order valence-corrected chi connectivity index (χ1v) is 16.0. The fourth-order valence-electron chi connectivity index (χ4n) is 7.60. The maximum absolute atomic E-state index is 13.8. The fourth-order valence-corrected chi connectivity index (χ4v) is 7.92. The lowest BCUT2D eigenvalue weighted by molar-refractivity contribution is -0.149. The normalized spacial score (nSPS) is 30.0. The van der Waals surface area contributed by atoms with Crippen molar-refractivity contribution in [1.82, 2.24) is 10.6 Å². The Morgan fingerprint density at radius 2 is 1.65 bits per heavy atom. The number of carbonyl (C=O) groups excluding carboxylic acids is 3. The van der Waals surface area contributed by atoms with Crippen LogP contribution in [-0.4, -0.2) is 49.6 Å². The molecule has 4 saturated carbocycles. The van der Waals surface area contributed by atoms with E-state index in [0.717, 1.165) is 68.8 Å². The summed E-state index contributed by atoms with van der Waals surface area (Å²) in [5.74, 6) is 0.979. The monoisotopic (exact) mass is 571 g/mol. The van der Waals surface area contributed by atoms with Gasteiger partial charge in [-0.05, 0) is 88.7 Å². The summed E-state index contributed by atoms with van der Waals surface area (Å²) >= 11 is 0. The van der Waals surface area contributed by atoms with Crippen molar-refractivity contribution in [3.8, 4) is 5.75 Å². The largest absolute Gasteiger partial charge is 0.490 e. The third kappa shape index (κ3) is 6.42. The van der Waals surface area contributed by atoms with Crippen molar-refractivity contribution in [3.63, 3.8) is 0 Å². The van der Waals surface area contributed by atoms with Crippen molar-refractivity contribution in [2.24, 2.45) is 23.7 Å². The van der Waals surface area contributed by atoms with Crippen LogP contribution in [0.15, 0.2) is 12.1 Å². The Bertz CT molecular complexity index is 1080. The molecule has 5 atom stereocenters. The van der Waals surface area contributed by atoms with Gasteiger partial charge in [-0.1, -0.05) is 19.3 Å². The van der Waals surface area contributed by atoms with Crippen molar-refractivity contribution in [1.29, 1.82) is 0 Å². The zero-order chi connectivity index (χ0) is 28.2. The van der Waals surface area contributed by atoms with Crippen LogP contribution in [-0.2, 0) is 14.3 Å². The summed E-state index contributed by atoms with van der Waals surface area (Å²) in [5, 5.41) is 10.7. The maximum atomic E-state index is 13.8. The van der Waals surface area contributed by atoms with Crippen molar-refractivity contribution in [2.45, 2.75) is 102 Å². The van der Waals surface area contributed by atoms with Crippen LogP contribution in [0.1, 0.15) is 94.3 Å². The quantitative estimate of drug-likeness (QED) is 0.301. The van der Waals surface area contributed by atoms with Crippen molar-refractivity contribution in [2.75, 3.05) is 19.0 Å². The predicted octanol–water partition coefficient (Wildman–Crippen LogP) is 4.32. The van der Waals surface area contributed by atoms with Gasteiger partial charge in [-0.25, -0.2) is 0 Å². The number of ether oxygens (including phenoxy) is 2. The van der Waals surface area contributed by atoms with Gasteiger partial charge in [0.05, 0.1) is 30.1 Å². The molecule has 5 rings (SSSR count). The highest BCUT2D eigenvalue weighted by atomic mass is 31.0. The minimum Gasteiger partial charge on any atom is -0.490 e. The van der Waals surface area contributed by atoms with Crippen LogP contribution in [0.2, 0.25) is 0 Å². The molecule has 1 aromatic rings. The first-order chi connectivity index (χ1) is 19.4. The maximum Gasteiger partial charge on any atom is 0.308 e. The molecule has 4 aliphatic rings. The van der Waals surface area contributed by atoms with Crippen LogP contribution < -0.4 is 26.0 Å². The van der Waals surface area contributed by atoms with Crippen molar-refractivity contribution in [3.05, 3.63) is 17.7 Å². The Morgan fingerprint density at radius 1 is 0.925 bits per heavy atom. The first kappa shape index (κ1) is 29.2. The molecular formula is C31H46N3O5P. The molecule has 1 aromatic carbocycles. The van der Waals surface area contributed by atoms with Gasteiger partial charge in [0.15, 0.2) is 0 Å². The van der Waals surface area contributed by atoms with E-state index in [-0.39, 0.29) is 47.8 Å². The second-order valence-electron chi connectivity index (χ2n) is 12.2. The van der Waals surface area contributed by atoms with Crippen LogP contribution in [0.25, 0.3) is 0 Å². The number of benzene rings is 1. The van der Waals surface area contributed by atoms with Crippen molar-refractivity contribution < 1.29 is 23.9 Å². The lowest BCUT2D eigenvalue weighted by Gasteiger charge is -2.33. The van der Waals surface area contributed by atoms with Gasteiger partial charge in [-0.15, -0.1) is 9.24 Å². The number of anilines is 1. The topological polar surface area (TPSA) is 106 Å². The molecule has 3 N–H and O–H groups in total. The molecule has 1 unspecified atom stereocenters. The summed E-state index contributed by atoms with van der Waals surface area (Å²) in [6, 6.07) is 3.88. The zero-order valence-electron chi connectivity index (χ0n) is 24.0. The third-order valence-corrected chi connectivity index (χ3v) is 10.2. The van der Waals surface area contributed by atoms with E-state index < -0.39 is 0 Å². The van der Waals surface area contributed by atoms with Gasteiger partial charge in [0, 0.05) is 30.1 Å². The number of esters is 1. The van der Waals surface area contributed by atoms with Gasteiger partial charge < -0.3 is 25.4 Å². The standard InChI is InChI=1S/C31H46N3O5P/c1-3-38-31(37)18-11-13-22(14-12-18)39-25-16-23(24(32-2)17-26(25)40)29(35)34-28-20-10-9-19(15-20)27(28)30(36)33-21-7-5-4-6-8-21/h16-22,27-28,32H,3-15,40H2,1-2H3,(H,33,36)(H,34,35)/t18-,19-,20+,22+,27+,28-/m1/s1. The highest BCUT2D eigenvalue weighted by Gasteiger charge is 2.51. The number of hydrogen-bond acceptors (Lipinski definition) is 6. The minimum atomic E-state index is -0.168. The van der Waals surface area contributed by atoms with Gasteiger partial charge in [0.25, 0.3) is 5.91 Å². The average Bonchev–Trinajstić information content (AvgIpc) is 3.57. The van der Waals surface area contributed by atoms with E-state index in [4.69, 9.17) is 9.47 Å². The molecule has 0 spiro atoms. The summed E-state index contributed by atoms with van der Waals surface area (Å²) < 4.78 is 11.6. The molecule has 4 aliphatic carbocycles. The Morgan fingerprint density at radius 3 is 2.35 bits per heavy atom. The number of hydrogen-bond donors (Lipinski definition) is 3. The Balaban J connectivity index is 1.26. The molecule has 2 amide bonds. The summed E-state index contributed by atoms with van der Waals surface area (Å²) in [6.07, 6.45) is 11.9. The zero-order valence-corrected chi connectivity index (χ0v) is 25.2. The van der Waals surface area contributed by atoms with Gasteiger partial charge in [0.2, 0.25) is 5.91 Å². The minimum absolute atomic E-state index is 0.0141. The van der Waals surface area contributed by atoms with E-state index >= 15 is 0 Å². The number of carbonyl (C=O) groups is 3. The molecule has 0 aromatic heterocycles. The van der Waals surface area contributed by atoms with Crippen molar-refractivity contribution >= 4 is 38.0 Å². The lowest BCUT2D eigenvalue weighted by Crippen LogP contribution is -2.51. The number of amides is 2. The van der Waals surface area contributed by atoms with Crippen LogP contribution in [0.4, 0.5) is 5.69 Å². The van der Waals surface area contributed by atoms with E-state index in [1.807, 2.05) is 26.1 Å². The Labute approximate surface area is 240 Å². The Hall–Kier alpha value is -2.34.